The molecule has 0 unspecified atom stereocenters. The summed E-state index contributed by atoms with van der Waals surface area (Å²) in [7, 11) is 0. The molecule has 0 amide bonds. The van der Waals surface area contributed by atoms with Gasteiger partial charge in [-0.2, -0.15) is 5.10 Å². The van der Waals surface area contributed by atoms with Crippen LogP contribution in [0.15, 0.2) is 47.3 Å². The van der Waals surface area contributed by atoms with Crippen molar-refractivity contribution in [3.63, 3.8) is 0 Å². The van der Waals surface area contributed by atoms with Gasteiger partial charge in [0.25, 0.3) is 5.56 Å². The van der Waals surface area contributed by atoms with Crippen LogP contribution >= 0.6 is 0 Å². The van der Waals surface area contributed by atoms with Crippen LogP contribution < -0.4 is 10.9 Å². The van der Waals surface area contributed by atoms with Crippen LogP contribution in [0.4, 0.5) is 11.5 Å². The van der Waals surface area contributed by atoms with Gasteiger partial charge in [-0.15, -0.1) is 0 Å². The lowest BCUT2D eigenvalue weighted by molar-refractivity contribution is 1.12. The van der Waals surface area contributed by atoms with Crippen molar-refractivity contribution in [3.8, 4) is 0 Å². The number of fused-ring (bicyclic) bond motifs is 3. The number of hydrogen-bond acceptors (Lipinski definition) is 3. The Morgan fingerprint density at radius 2 is 1.74 bits per heavy atom. The molecule has 4 aromatic rings. The van der Waals surface area contributed by atoms with Gasteiger partial charge in [0.05, 0.1) is 11.0 Å². The summed E-state index contributed by atoms with van der Waals surface area (Å²) >= 11 is 0. The highest BCUT2D eigenvalue weighted by molar-refractivity contribution is 6.07. The fourth-order valence-corrected chi connectivity index (χ4v) is 2.78. The molecule has 0 bridgehead atoms. The van der Waals surface area contributed by atoms with Crippen molar-refractivity contribution in [2.75, 3.05) is 5.32 Å². The largest absolute Gasteiger partial charge is 0.338 e. The number of aryl methyl sites for hydroxylation is 2. The molecule has 5 heteroatoms. The van der Waals surface area contributed by atoms with Gasteiger partial charge in [0.15, 0.2) is 5.82 Å². The van der Waals surface area contributed by atoms with E-state index < -0.39 is 0 Å². The summed E-state index contributed by atoms with van der Waals surface area (Å²) in [5, 5.41) is 12.0. The first-order valence-corrected chi connectivity index (χ1v) is 7.46. The Labute approximate surface area is 132 Å². The normalized spacial score (nSPS) is 11.2. The fraction of sp³-hybridized carbons (Fsp3) is 0.111. The molecular formula is C18H16N4O. The average Bonchev–Trinajstić information content (AvgIpc) is 2.95. The zero-order chi connectivity index (χ0) is 16.0. The Morgan fingerprint density at radius 3 is 2.52 bits per heavy atom. The van der Waals surface area contributed by atoms with Crippen molar-refractivity contribution in [3.05, 3.63) is 63.9 Å². The molecule has 0 aliphatic rings. The van der Waals surface area contributed by atoms with Crippen LogP contribution in [0.5, 0.6) is 0 Å². The van der Waals surface area contributed by atoms with Crippen molar-refractivity contribution in [2.24, 2.45) is 0 Å². The van der Waals surface area contributed by atoms with Crippen LogP contribution in [0.1, 0.15) is 11.1 Å². The van der Waals surface area contributed by atoms with Crippen molar-refractivity contribution >= 4 is 33.3 Å². The van der Waals surface area contributed by atoms with Crippen molar-refractivity contribution in [1.82, 2.24) is 15.2 Å². The topological polar surface area (TPSA) is 73.6 Å². The lowest BCUT2D eigenvalue weighted by atomic mass is 10.1. The summed E-state index contributed by atoms with van der Waals surface area (Å²) in [6.45, 7) is 4.06. The predicted octanol–water partition coefficient (Wildman–Crippen LogP) is 3.76. The van der Waals surface area contributed by atoms with Crippen LogP contribution in [-0.4, -0.2) is 15.2 Å². The fourth-order valence-electron chi connectivity index (χ4n) is 2.78. The number of nitrogens with one attached hydrogen (secondary N) is 3. The maximum Gasteiger partial charge on any atom is 0.261 e. The lowest BCUT2D eigenvalue weighted by Crippen LogP contribution is -2.07. The van der Waals surface area contributed by atoms with E-state index in [1.54, 1.807) is 0 Å². The second-order valence-electron chi connectivity index (χ2n) is 5.82. The highest BCUT2D eigenvalue weighted by atomic mass is 16.1. The molecule has 0 spiro atoms. The minimum atomic E-state index is -0.153. The minimum Gasteiger partial charge on any atom is -0.338 e. The zero-order valence-electron chi connectivity index (χ0n) is 12.9. The molecule has 5 nitrogen and oxygen atoms in total. The quantitative estimate of drug-likeness (QED) is 0.528. The van der Waals surface area contributed by atoms with E-state index in [4.69, 9.17) is 0 Å². The number of aromatic amines is 2. The molecule has 23 heavy (non-hydrogen) atoms. The van der Waals surface area contributed by atoms with E-state index in [0.29, 0.717) is 11.2 Å². The third kappa shape index (κ3) is 2.26. The monoisotopic (exact) mass is 304 g/mol. The number of hydrogen-bond donors (Lipinski definition) is 3. The Morgan fingerprint density at radius 1 is 1.00 bits per heavy atom. The number of aromatic nitrogens is 3. The van der Waals surface area contributed by atoms with E-state index in [0.717, 1.165) is 27.7 Å². The summed E-state index contributed by atoms with van der Waals surface area (Å²) in [5.74, 6) is 0.536. The number of pyridine rings is 1. The maximum absolute atomic E-state index is 12.4. The highest BCUT2D eigenvalue weighted by Gasteiger charge is 2.13. The third-order valence-electron chi connectivity index (χ3n) is 4.00. The summed E-state index contributed by atoms with van der Waals surface area (Å²) in [6, 6.07) is 13.9. The Hall–Kier alpha value is -3.08. The van der Waals surface area contributed by atoms with Crippen molar-refractivity contribution in [2.45, 2.75) is 13.8 Å². The van der Waals surface area contributed by atoms with E-state index in [1.165, 1.54) is 5.56 Å². The molecule has 4 rings (SSSR count). The first-order chi connectivity index (χ1) is 11.1. The van der Waals surface area contributed by atoms with Gasteiger partial charge in [0, 0.05) is 11.1 Å². The number of benzene rings is 2. The Bertz CT molecular complexity index is 1070. The second-order valence-corrected chi connectivity index (χ2v) is 5.82. The van der Waals surface area contributed by atoms with E-state index in [2.05, 4.69) is 20.5 Å². The predicted molar refractivity (Wildman–Crippen MR) is 93.4 cm³/mol. The van der Waals surface area contributed by atoms with E-state index in [9.17, 15) is 4.79 Å². The molecule has 0 saturated carbocycles. The Kier molecular flexibility index (Phi) is 2.94. The van der Waals surface area contributed by atoms with Gasteiger partial charge >= 0.3 is 0 Å². The van der Waals surface area contributed by atoms with Crippen molar-refractivity contribution in [1.29, 1.82) is 0 Å². The SMILES string of the molecule is Cc1ccc(Nc2n[nH]c3c2c(=O)[nH]c2ccc(C)cc23)cc1. The maximum atomic E-state index is 12.4. The average molecular weight is 304 g/mol. The molecule has 0 atom stereocenters. The van der Waals surface area contributed by atoms with Crippen LogP contribution in [0, 0.1) is 13.8 Å². The molecule has 2 aromatic heterocycles. The molecule has 0 fully saturated rings. The van der Waals surface area contributed by atoms with Gasteiger partial charge in [-0.25, -0.2) is 0 Å². The molecular weight excluding hydrogens is 288 g/mol. The minimum absolute atomic E-state index is 0.153. The number of rotatable bonds is 2. The van der Waals surface area contributed by atoms with Gasteiger partial charge in [0.2, 0.25) is 0 Å². The molecule has 2 aromatic carbocycles. The first-order valence-electron chi connectivity index (χ1n) is 7.46. The van der Waals surface area contributed by atoms with Gasteiger partial charge in [-0.1, -0.05) is 29.3 Å². The summed E-state index contributed by atoms with van der Waals surface area (Å²) in [5.41, 5.74) is 4.61. The number of nitrogens with zero attached hydrogens (tertiary/aromatic N) is 1. The molecule has 114 valence electrons. The van der Waals surface area contributed by atoms with Gasteiger partial charge in [-0.3, -0.25) is 9.89 Å². The second kappa shape index (κ2) is 4.98. The molecule has 2 heterocycles. The van der Waals surface area contributed by atoms with E-state index in [1.807, 2.05) is 56.3 Å². The number of anilines is 2. The summed E-state index contributed by atoms with van der Waals surface area (Å²) < 4.78 is 0. The lowest BCUT2D eigenvalue weighted by Gasteiger charge is -2.04. The van der Waals surface area contributed by atoms with Crippen LogP contribution in [-0.2, 0) is 0 Å². The molecule has 0 aliphatic heterocycles. The molecule has 0 saturated heterocycles. The van der Waals surface area contributed by atoms with Gasteiger partial charge in [0.1, 0.15) is 5.39 Å². The Balaban J connectivity index is 1.91. The zero-order valence-corrected chi connectivity index (χ0v) is 12.9. The standard InChI is InChI=1S/C18H16N4O/c1-10-3-6-12(7-4-10)19-17-15-16(21-22-17)13-9-11(2)5-8-14(13)20-18(15)23/h3-9H,1-2H3,(H,20,23)(H2,19,21,22). The molecule has 3 N–H and O–H groups in total. The van der Waals surface area contributed by atoms with Crippen molar-refractivity contribution < 1.29 is 0 Å². The summed E-state index contributed by atoms with van der Waals surface area (Å²) in [6.07, 6.45) is 0. The van der Waals surface area contributed by atoms with Crippen LogP contribution in [0.25, 0.3) is 21.8 Å². The summed E-state index contributed by atoms with van der Waals surface area (Å²) in [4.78, 5) is 15.4. The smallest absolute Gasteiger partial charge is 0.261 e. The number of H-pyrrole nitrogens is 2. The molecule has 0 aliphatic carbocycles. The third-order valence-corrected chi connectivity index (χ3v) is 4.00. The van der Waals surface area contributed by atoms with Crippen LogP contribution in [0.2, 0.25) is 0 Å². The first kappa shape index (κ1) is 13.6. The van der Waals surface area contributed by atoms with Gasteiger partial charge < -0.3 is 10.3 Å². The van der Waals surface area contributed by atoms with E-state index >= 15 is 0 Å². The van der Waals surface area contributed by atoms with Gasteiger partial charge in [-0.05, 0) is 38.1 Å². The van der Waals surface area contributed by atoms with E-state index in [-0.39, 0.29) is 5.56 Å². The highest BCUT2D eigenvalue weighted by Crippen LogP contribution is 2.26. The molecule has 0 radical (unpaired) electrons. The van der Waals surface area contributed by atoms with Crippen LogP contribution in [0.3, 0.4) is 0 Å².